The third kappa shape index (κ3) is 4.59. The van der Waals surface area contributed by atoms with Crippen molar-refractivity contribution in [3.63, 3.8) is 0 Å². The third-order valence-corrected chi connectivity index (χ3v) is 3.84. The van der Waals surface area contributed by atoms with Crippen LogP contribution in [0.25, 0.3) is 0 Å². The van der Waals surface area contributed by atoms with Crippen molar-refractivity contribution in [2.45, 2.75) is 12.6 Å². The van der Waals surface area contributed by atoms with Crippen LogP contribution in [-0.2, 0) is 9.53 Å². The van der Waals surface area contributed by atoms with Crippen molar-refractivity contribution in [1.82, 2.24) is 9.88 Å². The number of rotatable bonds is 6. The number of likely N-dealkylation sites (tertiary alicyclic amines) is 1. The molecule has 2 heterocycles. The smallest absolute Gasteiger partial charge is 0.422 e. The van der Waals surface area contributed by atoms with Gasteiger partial charge in [0.1, 0.15) is 11.1 Å². The summed E-state index contributed by atoms with van der Waals surface area (Å²) in [7, 11) is 1.37. The summed E-state index contributed by atoms with van der Waals surface area (Å²) in [6.07, 6.45) is -4.30. The van der Waals surface area contributed by atoms with Crippen LogP contribution in [0, 0.1) is 5.41 Å². The van der Waals surface area contributed by atoms with Crippen LogP contribution in [0.4, 0.5) is 13.2 Å². The molecule has 7 nitrogen and oxygen atoms in total. The van der Waals surface area contributed by atoms with Crippen LogP contribution in [0.5, 0.6) is 5.88 Å². The number of carboxylic acids is 1. The first-order valence-electron chi connectivity index (χ1n) is 7.35. The molecule has 1 aliphatic rings. The summed E-state index contributed by atoms with van der Waals surface area (Å²) in [6.45, 7) is -1.44. The van der Waals surface area contributed by atoms with Crippen molar-refractivity contribution >= 4 is 11.9 Å². The van der Waals surface area contributed by atoms with E-state index in [1.54, 1.807) is 0 Å². The van der Waals surface area contributed by atoms with Gasteiger partial charge in [-0.05, 0) is 12.5 Å². The van der Waals surface area contributed by atoms with Gasteiger partial charge in [-0.15, -0.1) is 0 Å². The highest BCUT2D eigenvalue weighted by Gasteiger charge is 2.46. The van der Waals surface area contributed by atoms with E-state index in [0.29, 0.717) is 0 Å². The number of alkyl halides is 3. The Morgan fingerprint density at radius 2 is 2.12 bits per heavy atom. The summed E-state index contributed by atoms with van der Waals surface area (Å²) < 4.78 is 46.0. The molecule has 0 aromatic carbocycles. The number of aromatic nitrogens is 1. The predicted octanol–water partition coefficient (Wildman–Crippen LogP) is 1.59. The fraction of sp³-hybridized carbons (Fsp3) is 0.533. The first-order valence-corrected chi connectivity index (χ1v) is 7.35. The van der Waals surface area contributed by atoms with Crippen molar-refractivity contribution < 1.29 is 37.3 Å². The van der Waals surface area contributed by atoms with Crippen molar-refractivity contribution in [1.29, 1.82) is 0 Å². The zero-order valence-corrected chi connectivity index (χ0v) is 13.4. The molecule has 1 unspecified atom stereocenters. The molecule has 0 radical (unpaired) electrons. The number of hydrogen-bond acceptors (Lipinski definition) is 5. The number of aliphatic carboxylic acids is 1. The normalized spacial score (nSPS) is 20.6. The highest BCUT2D eigenvalue weighted by molar-refractivity contribution is 5.93. The fourth-order valence-corrected chi connectivity index (χ4v) is 2.61. The van der Waals surface area contributed by atoms with E-state index in [1.807, 2.05) is 0 Å². The van der Waals surface area contributed by atoms with Gasteiger partial charge >= 0.3 is 12.1 Å². The highest BCUT2D eigenvalue weighted by Crippen LogP contribution is 2.32. The van der Waals surface area contributed by atoms with Gasteiger partial charge < -0.3 is 19.5 Å². The molecule has 2 rings (SSSR count). The van der Waals surface area contributed by atoms with E-state index in [9.17, 15) is 27.9 Å². The second-order valence-electron chi connectivity index (χ2n) is 5.76. The molecule has 0 bridgehead atoms. The second kappa shape index (κ2) is 7.26. The lowest BCUT2D eigenvalue weighted by atomic mass is 9.88. The number of nitrogens with zero attached hydrogens (tertiary/aromatic N) is 2. The van der Waals surface area contributed by atoms with Crippen LogP contribution in [0.3, 0.4) is 0 Å². The molecular weight excluding hydrogens is 345 g/mol. The molecule has 1 amide bonds. The molecule has 10 heteroatoms. The van der Waals surface area contributed by atoms with Crippen LogP contribution in [0.1, 0.15) is 16.9 Å². The Labute approximate surface area is 141 Å². The molecule has 1 aromatic heterocycles. The fourth-order valence-electron chi connectivity index (χ4n) is 2.61. The average molecular weight is 362 g/mol. The molecule has 1 N–H and O–H groups in total. The van der Waals surface area contributed by atoms with E-state index in [0.717, 1.165) is 0 Å². The number of pyridine rings is 1. The standard InChI is InChI=1S/C15H17F3N2O5/c1-24-8-14(13(22)23)5-6-20(7-14)12(21)10-3-2-4-11(19-10)25-9-15(16,17)18/h2-4H,5-9H2,1H3,(H,22,23). The number of halogens is 3. The average Bonchev–Trinajstić information content (AvgIpc) is 2.98. The summed E-state index contributed by atoms with van der Waals surface area (Å²) >= 11 is 0. The number of methoxy groups -OCH3 is 1. The zero-order valence-electron chi connectivity index (χ0n) is 13.4. The summed E-state index contributed by atoms with van der Waals surface area (Å²) in [6, 6.07) is 3.89. The van der Waals surface area contributed by atoms with Gasteiger partial charge in [0.25, 0.3) is 5.91 Å². The number of hydrogen-bond donors (Lipinski definition) is 1. The van der Waals surface area contributed by atoms with Gasteiger partial charge in [0.05, 0.1) is 6.61 Å². The Morgan fingerprint density at radius 1 is 1.40 bits per heavy atom. The van der Waals surface area contributed by atoms with Crippen LogP contribution in [-0.4, -0.2) is 66.5 Å². The topological polar surface area (TPSA) is 89.0 Å². The lowest BCUT2D eigenvalue weighted by molar-refractivity contribution is -0.154. The summed E-state index contributed by atoms with van der Waals surface area (Å²) in [5, 5.41) is 9.40. The molecule has 1 aliphatic heterocycles. The maximum absolute atomic E-state index is 12.5. The molecule has 1 saturated heterocycles. The van der Waals surface area contributed by atoms with Crippen molar-refractivity contribution in [2.24, 2.45) is 5.41 Å². The third-order valence-electron chi connectivity index (χ3n) is 3.84. The minimum absolute atomic E-state index is 0.0473. The van der Waals surface area contributed by atoms with Crippen molar-refractivity contribution in [3.05, 3.63) is 23.9 Å². The SMILES string of the molecule is COCC1(C(=O)O)CCN(C(=O)c2cccc(OCC(F)(F)F)n2)C1. The molecule has 0 spiro atoms. The molecule has 25 heavy (non-hydrogen) atoms. The Morgan fingerprint density at radius 3 is 2.72 bits per heavy atom. The van der Waals surface area contributed by atoms with Gasteiger partial charge in [0.15, 0.2) is 6.61 Å². The Bertz CT molecular complexity index is 652. The minimum atomic E-state index is -4.52. The summed E-state index contributed by atoms with van der Waals surface area (Å²) in [5.41, 5.74) is -1.31. The van der Waals surface area contributed by atoms with Crippen molar-refractivity contribution in [2.75, 3.05) is 33.4 Å². The summed E-state index contributed by atoms with van der Waals surface area (Å²) in [4.78, 5) is 29.0. The van der Waals surface area contributed by atoms with Gasteiger partial charge in [-0.1, -0.05) is 6.07 Å². The number of amides is 1. The van der Waals surface area contributed by atoms with E-state index >= 15 is 0 Å². The second-order valence-corrected chi connectivity index (χ2v) is 5.76. The minimum Gasteiger partial charge on any atom is -0.481 e. The predicted molar refractivity (Wildman–Crippen MR) is 78.3 cm³/mol. The quantitative estimate of drug-likeness (QED) is 0.827. The number of carbonyl (C=O) groups excluding carboxylic acids is 1. The van der Waals surface area contributed by atoms with Gasteiger partial charge in [-0.25, -0.2) is 4.98 Å². The van der Waals surface area contributed by atoms with Crippen molar-refractivity contribution in [3.8, 4) is 5.88 Å². The Hall–Kier alpha value is -2.36. The Balaban J connectivity index is 2.10. The molecule has 1 atom stereocenters. The monoisotopic (exact) mass is 362 g/mol. The van der Waals surface area contributed by atoms with Gasteiger partial charge in [-0.3, -0.25) is 9.59 Å². The van der Waals surface area contributed by atoms with Crippen LogP contribution < -0.4 is 4.74 Å². The number of ether oxygens (including phenoxy) is 2. The van der Waals surface area contributed by atoms with E-state index in [-0.39, 0.29) is 37.7 Å². The van der Waals surface area contributed by atoms with Crippen LogP contribution >= 0.6 is 0 Å². The first kappa shape index (κ1) is 19.0. The van der Waals surface area contributed by atoms with E-state index in [4.69, 9.17) is 4.74 Å². The number of carboxylic acid groups (broad SMARTS) is 1. The maximum atomic E-state index is 12.5. The van der Waals surface area contributed by atoms with Crippen LogP contribution in [0.15, 0.2) is 18.2 Å². The maximum Gasteiger partial charge on any atom is 0.422 e. The lowest BCUT2D eigenvalue weighted by Crippen LogP contribution is -2.40. The molecule has 0 aliphatic carbocycles. The molecule has 138 valence electrons. The molecule has 1 fully saturated rings. The molecule has 1 aromatic rings. The van der Waals surface area contributed by atoms with Gasteiger partial charge in [0, 0.05) is 26.3 Å². The first-order chi connectivity index (χ1) is 11.7. The summed E-state index contributed by atoms with van der Waals surface area (Å²) in [5.74, 6) is -1.97. The highest BCUT2D eigenvalue weighted by atomic mass is 19.4. The molecular formula is C15H17F3N2O5. The van der Waals surface area contributed by atoms with E-state index in [2.05, 4.69) is 9.72 Å². The largest absolute Gasteiger partial charge is 0.481 e. The van der Waals surface area contributed by atoms with Gasteiger partial charge in [0.2, 0.25) is 5.88 Å². The van der Waals surface area contributed by atoms with E-state index < -0.39 is 30.1 Å². The molecule has 0 saturated carbocycles. The van der Waals surface area contributed by atoms with Crippen LogP contribution in [0.2, 0.25) is 0 Å². The number of carbonyl (C=O) groups is 2. The Kier molecular flexibility index (Phi) is 5.51. The van der Waals surface area contributed by atoms with E-state index in [1.165, 1.54) is 30.2 Å². The lowest BCUT2D eigenvalue weighted by Gasteiger charge is -2.23. The zero-order chi connectivity index (χ0) is 18.7. The van der Waals surface area contributed by atoms with Gasteiger partial charge in [-0.2, -0.15) is 13.2 Å².